The Labute approximate surface area is 121 Å². The molecule has 6 heteroatoms. The second-order valence-corrected chi connectivity index (χ2v) is 5.49. The molecule has 0 aliphatic heterocycles. The number of aryl methyl sites for hydroxylation is 2. The number of aromatic amines is 1. The quantitative estimate of drug-likeness (QED) is 0.684. The van der Waals surface area contributed by atoms with Crippen molar-refractivity contribution in [2.75, 3.05) is 11.9 Å². The number of fused-ring (bicyclic) bond motifs is 1. The van der Waals surface area contributed by atoms with Gasteiger partial charge in [-0.3, -0.25) is 5.10 Å². The summed E-state index contributed by atoms with van der Waals surface area (Å²) in [6.45, 7) is 2.97. The fourth-order valence-corrected chi connectivity index (χ4v) is 2.88. The lowest BCUT2D eigenvalue weighted by molar-refractivity contribution is 0.823. The number of thiophene rings is 1. The summed E-state index contributed by atoms with van der Waals surface area (Å²) in [5.41, 5.74) is 1.17. The lowest BCUT2D eigenvalue weighted by Gasteiger charge is -2.07. The van der Waals surface area contributed by atoms with Crippen molar-refractivity contribution in [1.82, 2.24) is 20.2 Å². The van der Waals surface area contributed by atoms with Crippen molar-refractivity contribution in [3.63, 3.8) is 0 Å². The normalized spacial score (nSPS) is 11.1. The molecule has 3 heterocycles. The lowest BCUT2D eigenvalue weighted by Crippen LogP contribution is -2.07. The van der Waals surface area contributed by atoms with E-state index in [1.54, 1.807) is 17.5 Å². The summed E-state index contributed by atoms with van der Waals surface area (Å²) in [5.74, 6) is 1.86. The zero-order valence-corrected chi connectivity index (χ0v) is 12.2. The maximum atomic E-state index is 4.59. The van der Waals surface area contributed by atoms with Crippen molar-refractivity contribution < 1.29 is 0 Å². The summed E-state index contributed by atoms with van der Waals surface area (Å²) >= 11 is 1.66. The lowest BCUT2D eigenvalue weighted by atomic mass is 10.2. The molecule has 0 aromatic carbocycles. The monoisotopic (exact) mass is 287 g/mol. The summed E-state index contributed by atoms with van der Waals surface area (Å²) in [6.07, 6.45) is 4.68. The molecule has 0 bridgehead atoms. The molecule has 3 rings (SSSR count). The third-order valence-electron chi connectivity index (χ3n) is 3.16. The van der Waals surface area contributed by atoms with Gasteiger partial charge in [-0.2, -0.15) is 5.10 Å². The van der Waals surface area contributed by atoms with E-state index in [0.717, 1.165) is 47.7 Å². The Morgan fingerprint density at radius 1 is 1.30 bits per heavy atom. The molecule has 0 aliphatic rings. The van der Waals surface area contributed by atoms with Crippen LogP contribution in [0.5, 0.6) is 0 Å². The minimum Gasteiger partial charge on any atom is -0.369 e. The van der Waals surface area contributed by atoms with Crippen LogP contribution < -0.4 is 5.32 Å². The van der Waals surface area contributed by atoms with Gasteiger partial charge < -0.3 is 5.32 Å². The largest absolute Gasteiger partial charge is 0.369 e. The number of hydrogen-bond donors (Lipinski definition) is 2. The topological polar surface area (TPSA) is 66.5 Å². The third kappa shape index (κ3) is 2.80. The molecule has 104 valence electrons. The van der Waals surface area contributed by atoms with Gasteiger partial charge in [-0.1, -0.05) is 6.92 Å². The molecule has 3 aromatic heterocycles. The predicted molar refractivity (Wildman–Crippen MR) is 82.2 cm³/mol. The molecule has 0 atom stereocenters. The molecule has 0 radical (unpaired) electrons. The molecule has 0 amide bonds. The number of nitrogens with zero attached hydrogens (tertiary/aromatic N) is 3. The average Bonchev–Trinajstić information content (AvgIpc) is 3.13. The summed E-state index contributed by atoms with van der Waals surface area (Å²) < 4.78 is 0. The van der Waals surface area contributed by atoms with Gasteiger partial charge in [0.15, 0.2) is 0 Å². The van der Waals surface area contributed by atoms with Gasteiger partial charge in [-0.15, -0.1) is 11.3 Å². The summed E-state index contributed by atoms with van der Waals surface area (Å²) in [7, 11) is 0. The van der Waals surface area contributed by atoms with E-state index < -0.39 is 0 Å². The fourth-order valence-electron chi connectivity index (χ4n) is 2.10. The molecule has 0 saturated heterocycles. The fraction of sp³-hybridized carbons (Fsp3) is 0.357. The number of anilines is 1. The molecule has 3 aromatic rings. The number of H-pyrrole nitrogens is 1. The SMILES string of the molecule is CCc1nc(NCCCc2ccn[nH]2)c2ccsc2n1. The molecule has 2 N–H and O–H groups in total. The highest BCUT2D eigenvalue weighted by molar-refractivity contribution is 7.16. The third-order valence-corrected chi connectivity index (χ3v) is 3.97. The van der Waals surface area contributed by atoms with Crippen LogP contribution in [0, 0.1) is 0 Å². The van der Waals surface area contributed by atoms with Gasteiger partial charge in [-0.25, -0.2) is 9.97 Å². The van der Waals surface area contributed by atoms with Crippen LogP contribution in [0.15, 0.2) is 23.7 Å². The summed E-state index contributed by atoms with van der Waals surface area (Å²) in [5, 5.41) is 13.5. The smallest absolute Gasteiger partial charge is 0.138 e. The molecular formula is C14H17N5S. The number of nitrogens with one attached hydrogen (secondary N) is 2. The maximum Gasteiger partial charge on any atom is 0.138 e. The second-order valence-electron chi connectivity index (χ2n) is 4.59. The van der Waals surface area contributed by atoms with E-state index >= 15 is 0 Å². The van der Waals surface area contributed by atoms with Crippen LogP contribution in [0.25, 0.3) is 10.2 Å². The van der Waals surface area contributed by atoms with Crippen LogP contribution in [0.3, 0.4) is 0 Å². The predicted octanol–water partition coefficient (Wildman–Crippen LogP) is 3.02. The zero-order chi connectivity index (χ0) is 13.8. The van der Waals surface area contributed by atoms with Gasteiger partial charge in [0.1, 0.15) is 16.5 Å². The highest BCUT2D eigenvalue weighted by Gasteiger charge is 2.07. The van der Waals surface area contributed by atoms with E-state index in [1.807, 2.05) is 6.07 Å². The number of hydrogen-bond acceptors (Lipinski definition) is 5. The minimum atomic E-state index is 0.858. The zero-order valence-electron chi connectivity index (χ0n) is 11.4. The molecule has 0 saturated carbocycles. The van der Waals surface area contributed by atoms with Gasteiger partial charge in [0.2, 0.25) is 0 Å². The Hall–Kier alpha value is -1.95. The van der Waals surface area contributed by atoms with Crippen molar-refractivity contribution in [3.8, 4) is 0 Å². The average molecular weight is 287 g/mol. The van der Waals surface area contributed by atoms with Gasteiger partial charge in [-0.05, 0) is 30.4 Å². The van der Waals surface area contributed by atoms with Crippen molar-refractivity contribution in [2.24, 2.45) is 0 Å². The molecule has 0 unspecified atom stereocenters. The van der Waals surface area contributed by atoms with E-state index in [1.165, 1.54) is 5.69 Å². The summed E-state index contributed by atoms with van der Waals surface area (Å²) in [4.78, 5) is 10.2. The second kappa shape index (κ2) is 6.00. The van der Waals surface area contributed by atoms with Crippen molar-refractivity contribution in [1.29, 1.82) is 0 Å². The van der Waals surface area contributed by atoms with Gasteiger partial charge in [0.25, 0.3) is 0 Å². The molecule has 0 spiro atoms. The number of rotatable bonds is 6. The van der Waals surface area contributed by atoms with E-state index in [2.05, 4.69) is 43.9 Å². The number of aromatic nitrogens is 4. The van der Waals surface area contributed by atoms with Gasteiger partial charge in [0, 0.05) is 24.9 Å². The molecule has 5 nitrogen and oxygen atoms in total. The van der Waals surface area contributed by atoms with Crippen molar-refractivity contribution in [2.45, 2.75) is 26.2 Å². The van der Waals surface area contributed by atoms with Crippen LogP contribution in [0.2, 0.25) is 0 Å². The molecule has 0 fully saturated rings. The van der Waals surface area contributed by atoms with E-state index in [4.69, 9.17) is 0 Å². The van der Waals surface area contributed by atoms with E-state index in [0.29, 0.717) is 0 Å². The van der Waals surface area contributed by atoms with Crippen molar-refractivity contribution >= 4 is 27.4 Å². The highest BCUT2D eigenvalue weighted by Crippen LogP contribution is 2.25. The van der Waals surface area contributed by atoms with E-state index in [9.17, 15) is 0 Å². The van der Waals surface area contributed by atoms with Crippen LogP contribution in [0.1, 0.15) is 24.9 Å². The first-order valence-corrected chi connectivity index (χ1v) is 7.71. The highest BCUT2D eigenvalue weighted by atomic mass is 32.1. The standard InChI is InChI=1S/C14H17N5S/c1-2-12-17-13(11-6-9-20-14(11)18-12)15-7-3-4-10-5-8-16-19-10/h5-6,8-9H,2-4,7H2,1H3,(H,16,19)(H,15,17,18). The maximum absolute atomic E-state index is 4.59. The van der Waals surface area contributed by atoms with Gasteiger partial charge in [0.05, 0.1) is 5.39 Å². The molecular weight excluding hydrogens is 270 g/mol. The summed E-state index contributed by atoms with van der Waals surface area (Å²) in [6, 6.07) is 4.09. The molecule has 20 heavy (non-hydrogen) atoms. The molecule has 0 aliphatic carbocycles. The van der Waals surface area contributed by atoms with Crippen LogP contribution in [-0.2, 0) is 12.8 Å². The van der Waals surface area contributed by atoms with Crippen LogP contribution in [-0.4, -0.2) is 26.7 Å². The Morgan fingerprint density at radius 2 is 2.25 bits per heavy atom. The Kier molecular flexibility index (Phi) is 3.92. The Balaban J connectivity index is 1.65. The van der Waals surface area contributed by atoms with Crippen LogP contribution in [0.4, 0.5) is 5.82 Å². The van der Waals surface area contributed by atoms with Crippen molar-refractivity contribution in [3.05, 3.63) is 35.2 Å². The minimum absolute atomic E-state index is 0.858. The van der Waals surface area contributed by atoms with Crippen LogP contribution >= 0.6 is 11.3 Å². The first-order chi connectivity index (χ1) is 9.86. The van der Waals surface area contributed by atoms with E-state index in [-0.39, 0.29) is 0 Å². The Bertz CT molecular complexity index is 674. The van der Waals surface area contributed by atoms with Gasteiger partial charge >= 0.3 is 0 Å². The first kappa shape index (κ1) is 13.1. The first-order valence-electron chi connectivity index (χ1n) is 6.83. The Morgan fingerprint density at radius 3 is 3.05 bits per heavy atom.